The van der Waals surface area contributed by atoms with E-state index in [-0.39, 0.29) is 0 Å². The Balaban J connectivity index is 2.31. The molecular weight excluding hydrogens is 168 g/mol. The predicted octanol–water partition coefficient (Wildman–Crippen LogP) is 2.04. The quantitative estimate of drug-likeness (QED) is 0.529. The number of hydrogen-bond donors (Lipinski definition) is 1. The molecule has 2 N–H and O–H groups in total. The molecule has 0 aromatic carbocycles. The molecule has 0 radical (unpaired) electrons. The maximum absolute atomic E-state index is 5.54. The van der Waals surface area contributed by atoms with Crippen molar-refractivity contribution in [2.24, 2.45) is 10.7 Å². The van der Waals surface area contributed by atoms with Crippen molar-refractivity contribution in [3.8, 4) is 0 Å². The molecule has 70 valence electrons. The van der Waals surface area contributed by atoms with Gasteiger partial charge in [0.15, 0.2) is 0 Å². The van der Waals surface area contributed by atoms with E-state index in [1.165, 1.54) is 25.7 Å². The van der Waals surface area contributed by atoms with Crippen LogP contribution < -0.4 is 5.73 Å². The lowest BCUT2D eigenvalue weighted by Crippen LogP contribution is -2.21. The molecule has 0 atom stereocenters. The Morgan fingerprint density at radius 3 is 2.33 bits per heavy atom. The van der Waals surface area contributed by atoms with Gasteiger partial charge in [-0.05, 0) is 38.9 Å². The van der Waals surface area contributed by atoms with Gasteiger partial charge in [0.1, 0.15) is 0 Å². The Bertz CT molecular complexity index is 156. The van der Waals surface area contributed by atoms with Gasteiger partial charge in [0.25, 0.3) is 0 Å². The van der Waals surface area contributed by atoms with Gasteiger partial charge < -0.3 is 5.73 Å². The highest BCUT2D eigenvalue weighted by Crippen LogP contribution is 2.28. The highest BCUT2D eigenvalue weighted by atomic mass is 32.2. The molecule has 1 rings (SSSR count). The van der Waals surface area contributed by atoms with Crippen molar-refractivity contribution < 1.29 is 0 Å². The van der Waals surface area contributed by atoms with Gasteiger partial charge in [0.2, 0.25) is 0 Å². The highest BCUT2D eigenvalue weighted by molar-refractivity contribution is 7.99. The zero-order chi connectivity index (χ0) is 8.97. The topological polar surface area (TPSA) is 38.4 Å². The van der Waals surface area contributed by atoms with Gasteiger partial charge in [-0.25, -0.2) is 0 Å². The first-order chi connectivity index (χ1) is 5.72. The van der Waals surface area contributed by atoms with Crippen LogP contribution in [-0.4, -0.2) is 23.4 Å². The van der Waals surface area contributed by atoms with Gasteiger partial charge in [0, 0.05) is 5.25 Å². The van der Waals surface area contributed by atoms with E-state index in [1.807, 2.05) is 18.7 Å². The summed E-state index contributed by atoms with van der Waals surface area (Å²) < 4.78 is 0. The van der Waals surface area contributed by atoms with Crippen LogP contribution in [0.1, 0.15) is 32.6 Å². The van der Waals surface area contributed by atoms with E-state index in [1.54, 1.807) is 0 Å². The van der Waals surface area contributed by atoms with Crippen LogP contribution >= 0.6 is 11.8 Å². The fourth-order valence-electron chi connectivity index (χ4n) is 1.70. The first-order valence-corrected chi connectivity index (χ1v) is 5.84. The molecule has 1 fully saturated rings. The Labute approximate surface area is 79.0 Å². The molecule has 0 spiro atoms. The molecule has 0 bridgehead atoms. The van der Waals surface area contributed by atoms with Gasteiger partial charge in [-0.1, -0.05) is 0 Å². The standard InChI is InChI=1S/C9H18N2S/c1-7(10)11-8-3-5-9(12-2)6-4-8/h8-9H,3-6H2,1-2H3,(H2,10,11). The third-order valence-electron chi connectivity index (χ3n) is 2.36. The lowest BCUT2D eigenvalue weighted by molar-refractivity contribution is 0.453. The van der Waals surface area contributed by atoms with Crippen LogP contribution in [-0.2, 0) is 0 Å². The molecule has 3 heteroatoms. The van der Waals surface area contributed by atoms with Crippen LogP contribution in [0.15, 0.2) is 4.99 Å². The number of amidine groups is 1. The van der Waals surface area contributed by atoms with Crippen LogP contribution in [0.2, 0.25) is 0 Å². The maximum Gasteiger partial charge on any atom is 0.0909 e. The second kappa shape index (κ2) is 4.75. The second-order valence-corrected chi connectivity index (χ2v) is 4.57. The van der Waals surface area contributed by atoms with Gasteiger partial charge in [-0.3, -0.25) is 4.99 Å². The van der Waals surface area contributed by atoms with Crippen LogP contribution in [0.4, 0.5) is 0 Å². The van der Waals surface area contributed by atoms with Gasteiger partial charge >= 0.3 is 0 Å². The molecule has 0 unspecified atom stereocenters. The summed E-state index contributed by atoms with van der Waals surface area (Å²) in [6, 6.07) is 0.512. The zero-order valence-electron chi connectivity index (χ0n) is 7.92. The van der Waals surface area contributed by atoms with Gasteiger partial charge in [-0.2, -0.15) is 11.8 Å². The summed E-state index contributed by atoms with van der Waals surface area (Å²) in [6.07, 6.45) is 7.26. The molecule has 0 saturated heterocycles. The van der Waals surface area contributed by atoms with E-state index in [2.05, 4.69) is 11.2 Å². The van der Waals surface area contributed by atoms with E-state index in [0.717, 1.165) is 11.1 Å². The van der Waals surface area contributed by atoms with E-state index in [0.29, 0.717) is 6.04 Å². The normalized spacial score (nSPS) is 32.0. The van der Waals surface area contributed by atoms with Crippen LogP contribution in [0.5, 0.6) is 0 Å². The summed E-state index contributed by atoms with van der Waals surface area (Å²) in [5, 5.41) is 0.870. The molecule has 0 aliphatic heterocycles. The van der Waals surface area contributed by atoms with E-state index in [4.69, 9.17) is 5.73 Å². The van der Waals surface area contributed by atoms with Crippen molar-refractivity contribution in [3.63, 3.8) is 0 Å². The molecule has 1 aliphatic rings. The number of nitrogens with zero attached hydrogens (tertiary/aromatic N) is 1. The highest BCUT2D eigenvalue weighted by Gasteiger charge is 2.19. The lowest BCUT2D eigenvalue weighted by atomic mass is 9.95. The molecule has 1 aliphatic carbocycles. The number of rotatable bonds is 2. The molecule has 0 amide bonds. The van der Waals surface area contributed by atoms with Gasteiger partial charge in [0.05, 0.1) is 11.9 Å². The minimum Gasteiger partial charge on any atom is -0.388 e. The van der Waals surface area contributed by atoms with E-state index >= 15 is 0 Å². The monoisotopic (exact) mass is 186 g/mol. The fourth-order valence-corrected chi connectivity index (χ4v) is 2.44. The summed E-state index contributed by atoms with van der Waals surface area (Å²) in [5.74, 6) is 0.739. The molecule has 0 heterocycles. The van der Waals surface area contributed by atoms with Crippen LogP contribution in [0, 0.1) is 0 Å². The molecule has 1 saturated carbocycles. The number of nitrogens with two attached hydrogens (primary N) is 1. The molecule has 0 aromatic heterocycles. The molecule has 0 aromatic rings. The molecule has 12 heavy (non-hydrogen) atoms. The summed E-state index contributed by atoms with van der Waals surface area (Å²) >= 11 is 1.99. The smallest absolute Gasteiger partial charge is 0.0909 e. The van der Waals surface area contributed by atoms with Crippen molar-refractivity contribution in [1.82, 2.24) is 0 Å². The third-order valence-corrected chi connectivity index (χ3v) is 3.50. The van der Waals surface area contributed by atoms with Crippen molar-refractivity contribution >= 4 is 17.6 Å². The minimum absolute atomic E-state index is 0.512. The van der Waals surface area contributed by atoms with Gasteiger partial charge in [-0.15, -0.1) is 0 Å². The van der Waals surface area contributed by atoms with Crippen molar-refractivity contribution in [2.45, 2.75) is 43.9 Å². The average molecular weight is 186 g/mol. The minimum atomic E-state index is 0.512. The van der Waals surface area contributed by atoms with Crippen molar-refractivity contribution in [3.05, 3.63) is 0 Å². The summed E-state index contributed by atoms with van der Waals surface area (Å²) in [4.78, 5) is 4.39. The van der Waals surface area contributed by atoms with E-state index in [9.17, 15) is 0 Å². The lowest BCUT2D eigenvalue weighted by Gasteiger charge is -2.24. The first-order valence-electron chi connectivity index (χ1n) is 4.55. The molecule has 2 nitrogen and oxygen atoms in total. The Hall–Kier alpha value is -0.180. The third kappa shape index (κ3) is 3.05. The predicted molar refractivity (Wildman–Crippen MR) is 56.9 cm³/mol. The zero-order valence-corrected chi connectivity index (χ0v) is 8.73. The fraction of sp³-hybridized carbons (Fsp3) is 0.889. The maximum atomic E-state index is 5.54. The Morgan fingerprint density at radius 2 is 1.92 bits per heavy atom. The summed E-state index contributed by atoms with van der Waals surface area (Å²) in [7, 11) is 0. The van der Waals surface area contributed by atoms with E-state index < -0.39 is 0 Å². The van der Waals surface area contributed by atoms with Crippen molar-refractivity contribution in [1.29, 1.82) is 0 Å². The number of thioether (sulfide) groups is 1. The number of hydrogen-bond acceptors (Lipinski definition) is 2. The Morgan fingerprint density at radius 1 is 1.33 bits per heavy atom. The molecular formula is C9H18N2S. The Kier molecular flexibility index (Phi) is 3.92. The van der Waals surface area contributed by atoms with Crippen LogP contribution in [0.25, 0.3) is 0 Å². The SMILES string of the molecule is CSC1CCC(N=C(C)N)CC1. The largest absolute Gasteiger partial charge is 0.388 e. The van der Waals surface area contributed by atoms with Crippen LogP contribution in [0.3, 0.4) is 0 Å². The average Bonchev–Trinajstić information content (AvgIpc) is 2.05. The summed E-state index contributed by atoms with van der Waals surface area (Å²) in [5.41, 5.74) is 5.54. The second-order valence-electron chi connectivity index (χ2n) is 3.44. The summed E-state index contributed by atoms with van der Waals surface area (Å²) in [6.45, 7) is 1.88. The first kappa shape index (κ1) is 9.90. The number of aliphatic imine (C=N–C) groups is 1. The van der Waals surface area contributed by atoms with Crippen molar-refractivity contribution in [2.75, 3.05) is 6.26 Å².